The summed E-state index contributed by atoms with van der Waals surface area (Å²) in [6, 6.07) is 5.31. The molecule has 0 fully saturated rings. The summed E-state index contributed by atoms with van der Waals surface area (Å²) in [6.07, 6.45) is 0.504. The van der Waals surface area contributed by atoms with Crippen molar-refractivity contribution >= 4 is 23.2 Å². The van der Waals surface area contributed by atoms with Gasteiger partial charge in [0.25, 0.3) is 0 Å². The van der Waals surface area contributed by atoms with Crippen molar-refractivity contribution in [1.29, 1.82) is 0 Å². The topological polar surface area (TPSA) is 32.3 Å². The van der Waals surface area contributed by atoms with Gasteiger partial charge in [-0.25, -0.2) is 0 Å². The van der Waals surface area contributed by atoms with Gasteiger partial charge < -0.3 is 10.4 Å². The normalized spacial score (nSPS) is 15.0. The number of likely N-dealkylation sites (N-methyl/N-ethyl adjacent to an activating group) is 1. The maximum Gasteiger partial charge on any atom is 0.0784 e. The summed E-state index contributed by atoms with van der Waals surface area (Å²) in [6.45, 7) is 2.29. The first-order valence-corrected chi connectivity index (χ1v) is 5.51. The van der Waals surface area contributed by atoms with Crippen LogP contribution >= 0.6 is 23.2 Å². The molecule has 1 aromatic rings. The number of halogens is 2. The van der Waals surface area contributed by atoms with Gasteiger partial charge in [-0.3, -0.25) is 0 Å². The van der Waals surface area contributed by atoms with Crippen molar-refractivity contribution in [2.24, 2.45) is 0 Å². The van der Waals surface area contributed by atoms with Crippen LogP contribution in [-0.4, -0.2) is 24.3 Å². The van der Waals surface area contributed by atoms with E-state index < -0.39 is 5.60 Å². The van der Waals surface area contributed by atoms with Crippen LogP contribution in [0.15, 0.2) is 18.2 Å². The molecule has 1 unspecified atom stereocenters. The molecule has 0 bridgehead atoms. The minimum atomic E-state index is -0.799. The van der Waals surface area contributed by atoms with Crippen LogP contribution < -0.4 is 5.32 Å². The fourth-order valence-corrected chi connectivity index (χ4v) is 1.99. The molecule has 0 spiro atoms. The van der Waals surface area contributed by atoms with Gasteiger partial charge >= 0.3 is 0 Å². The van der Waals surface area contributed by atoms with Crippen LogP contribution in [0.2, 0.25) is 10.0 Å². The van der Waals surface area contributed by atoms with E-state index >= 15 is 0 Å². The Morgan fingerprint density at radius 2 is 2.07 bits per heavy atom. The Balaban J connectivity index is 2.80. The highest BCUT2D eigenvalue weighted by atomic mass is 35.5. The van der Waals surface area contributed by atoms with Crippen LogP contribution in [-0.2, 0) is 6.42 Å². The van der Waals surface area contributed by atoms with Crippen LogP contribution in [0.5, 0.6) is 0 Å². The maximum absolute atomic E-state index is 10.0. The number of aliphatic hydroxyl groups is 1. The highest BCUT2D eigenvalue weighted by Gasteiger charge is 2.21. The average molecular weight is 248 g/mol. The Morgan fingerprint density at radius 3 is 2.60 bits per heavy atom. The molecular formula is C11H15Cl2NO. The molecule has 1 aromatic carbocycles. The third-order valence-corrected chi connectivity index (χ3v) is 2.73. The molecule has 0 amide bonds. The molecule has 0 aromatic heterocycles. The zero-order valence-electron chi connectivity index (χ0n) is 8.85. The largest absolute Gasteiger partial charge is 0.389 e. The van der Waals surface area contributed by atoms with Crippen molar-refractivity contribution in [2.45, 2.75) is 18.9 Å². The third kappa shape index (κ3) is 3.99. The number of hydrogen-bond acceptors (Lipinski definition) is 2. The fourth-order valence-electron chi connectivity index (χ4n) is 1.52. The lowest BCUT2D eigenvalue weighted by Crippen LogP contribution is -2.38. The Morgan fingerprint density at radius 1 is 1.40 bits per heavy atom. The monoisotopic (exact) mass is 247 g/mol. The lowest BCUT2D eigenvalue weighted by Gasteiger charge is -2.23. The summed E-state index contributed by atoms with van der Waals surface area (Å²) in [4.78, 5) is 0. The summed E-state index contributed by atoms with van der Waals surface area (Å²) >= 11 is 11.8. The molecule has 0 aliphatic rings. The summed E-state index contributed by atoms with van der Waals surface area (Å²) in [7, 11) is 1.80. The van der Waals surface area contributed by atoms with Gasteiger partial charge in [-0.15, -0.1) is 0 Å². The predicted octanol–water partition coefficient (Wildman–Crippen LogP) is 2.51. The molecule has 4 heteroatoms. The second-order valence-corrected chi connectivity index (χ2v) is 4.78. The van der Waals surface area contributed by atoms with Gasteiger partial charge in [0.2, 0.25) is 0 Å². The minimum absolute atomic E-state index is 0.504. The molecule has 1 atom stereocenters. The van der Waals surface area contributed by atoms with Gasteiger partial charge in [0, 0.05) is 23.0 Å². The molecule has 0 radical (unpaired) electrons. The molecule has 0 aliphatic heterocycles. The van der Waals surface area contributed by atoms with Crippen molar-refractivity contribution in [3.63, 3.8) is 0 Å². The van der Waals surface area contributed by atoms with Gasteiger partial charge in [0.15, 0.2) is 0 Å². The lowest BCUT2D eigenvalue weighted by atomic mass is 9.96. The van der Waals surface area contributed by atoms with Crippen LogP contribution in [0.25, 0.3) is 0 Å². The molecular weight excluding hydrogens is 233 g/mol. The molecule has 84 valence electrons. The van der Waals surface area contributed by atoms with Crippen LogP contribution in [0, 0.1) is 0 Å². The summed E-state index contributed by atoms with van der Waals surface area (Å²) in [5.74, 6) is 0. The van der Waals surface area contributed by atoms with E-state index in [0.29, 0.717) is 23.0 Å². The molecule has 0 heterocycles. The van der Waals surface area contributed by atoms with E-state index in [0.717, 1.165) is 5.56 Å². The van der Waals surface area contributed by atoms with Gasteiger partial charge in [-0.2, -0.15) is 0 Å². The minimum Gasteiger partial charge on any atom is -0.389 e. The molecule has 2 N–H and O–H groups in total. The SMILES string of the molecule is CNCC(C)(O)Cc1ccc(Cl)cc1Cl. The smallest absolute Gasteiger partial charge is 0.0784 e. The van der Waals surface area contributed by atoms with E-state index in [4.69, 9.17) is 23.2 Å². The second kappa shape index (κ2) is 5.17. The van der Waals surface area contributed by atoms with Crippen LogP contribution in [0.3, 0.4) is 0 Å². The first-order chi connectivity index (χ1) is 6.94. The standard InChI is InChI=1S/C11H15Cl2NO/c1-11(15,7-14-2)6-8-3-4-9(12)5-10(8)13/h3-5,14-15H,6-7H2,1-2H3. The number of hydrogen-bond donors (Lipinski definition) is 2. The highest BCUT2D eigenvalue weighted by Crippen LogP contribution is 2.24. The Labute approximate surface area is 100 Å². The van der Waals surface area contributed by atoms with E-state index in [2.05, 4.69) is 5.32 Å². The summed E-state index contributed by atoms with van der Waals surface area (Å²) in [5.41, 5.74) is 0.105. The average Bonchev–Trinajstić information content (AvgIpc) is 2.09. The Hall–Kier alpha value is -0.280. The fraction of sp³-hybridized carbons (Fsp3) is 0.455. The van der Waals surface area contributed by atoms with Gasteiger partial charge in [-0.05, 0) is 31.7 Å². The molecule has 0 saturated carbocycles. The quantitative estimate of drug-likeness (QED) is 0.858. The maximum atomic E-state index is 10.0. The van der Waals surface area contributed by atoms with Crippen molar-refractivity contribution in [1.82, 2.24) is 5.32 Å². The number of rotatable bonds is 4. The lowest BCUT2D eigenvalue weighted by molar-refractivity contribution is 0.0623. The van der Waals surface area contributed by atoms with Gasteiger partial charge in [-0.1, -0.05) is 29.3 Å². The molecule has 1 rings (SSSR count). The highest BCUT2D eigenvalue weighted by molar-refractivity contribution is 6.35. The van der Waals surface area contributed by atoms with E-state index in [-0.39, 0.29) is 0 Å². The molecule has 0 saturated heterocycles. The number of nitrogens with one attached hydrogen (secondary N) is 1. The van der Waals surface area contributed by atoms with Crippen LogP contribution in [0.1, 0.15) is 12.5 Å². The third-order valence-electron chi connectivity index (χ3n) is 2.14. The zero-order chi connectivity index (χ0) is 11.5. The van der Waals surface area contributed by atoms with Crippen molar-refractivity contribution in [3.05, 3.63) is 33.8 Å². The second-order valence-electron chi connectivity index (χ2n) is 3.94. The van der Waals surface area contributed by atoms with Gasteiger partial charge in [0.1, 0.15) is 0 Å². The van der Waals surface area contributed by atoms with Crippen molar-refractivity contribution in [2.75, 3.05) is 13.6 Å². The Bertz CT molecular complexity index is 339. The number of benzene rings is 1. The summed E-state index contributed by atoms with van der Waals surface area (Å²) in [5, 5.41) is 14.2. The molecule has 2 nitrogen and oxygen atoms in total. The summed E-state index contributed by atoms with van der Waals surface area (Å²) < 4.78 is 0. The van der Waals surface area contributed by atoms with E-state index in [1.54, 1.807) is 26.1 Å². The van der Waals surface area contributed by atoms with Crippen molar-refractivity contribution in [3.8, 4) is 0 Å². The first kappa shape index (κ1) is 12.8. The predicted molar refractivity (Wildman–Crippen MR) is 64.7 cm³/mol. The van der Waals surface area contributed by atoms with E-state index in [1.807, 2.05) is 6.07 Å². The molecule has 0 aliphatic carbocycles. The molecule has 15 heavy (non-hydrogen) atoms. The zero-order valence-corrected chi connectivity index (χ0v) is 10.4. The van der Waals surface area contributed by atoms with Crippen LogP contribution in [0.4, 0.5) is 0 Å². The first-order valence-electron chi connectivity index (χ1n) is 4.75. The van der Waals surface area contributed by atoms with E-state index in [1.165, 1.54) is 0 Å². The Kier molecular flexibility index (Phi) is 4.41. The van der Waals surface area contributed by atoms with Crippen molar-refractivity contribution < 1.29 is 5.11 Å². The van der Waals surface area contributed by atoms with Gasteiger partial charge in [0.05, 0.1) is 5.60 Å². The van der Waals surface area contributed by atoms with E-state index in [9.17, 15) is 5.11 Å².